The summed E-state index contributed by atoms with van der Waals surface area (Å²) in [5.74, 6) is -0.840. The van der Waals surface area contributed by atoms with E-state index in [1.165, 1.54) is 122 Å². The molecule has 0 saturated carbocycles. The van der Waals surface area contributed by atoms with Gasteiger partial charge in [-0.15, -0.1) is 0 Å². The van der Waals surface area contributed by atoms with Crippen LogP contribution in [0.1, 0.15) is 226 Å². The number of unbranched alkanes of at least 4 members (excludes halogenated alkanes) is 26. The highest BCUT2D eigenvalue weighted by Gasteiger charge is 2.21. The van der Waals surface area contributed by atoms with Crippen LogP contribution in [-0.2, 0) is 32.7 Å². The fourth-order valence-corrected chi connectivity index (χ4v) is 7.69. The molecule has 0 aromatic heterocycles. The molecule has 0 aromatic rings. The van der Waals surface area contributed by atoms with Crippen LogP contribution in [0.2, 0.25) is 0 Å². The minimum absolute atomic E-state index is 0.0327. The average molecular weight is 882 g/mol. The number of nitrogens with zero attached hydrogens (tertiary/aromatic N) is 1. The zero-order valence-corrected chi connectivity index (χ0v) is 41.3. The summed E-state index contributed by atoms with van der Waals surface area (Å²) in [6, 6.07) is 0. The normalized spacial score (nSPS) is 13.7. The Balaban J connectivity index is 4.28. The first-order valence-corrected chi connectivity index (χ1v) is 26.7. The molecule has 0 aliphatic heterocycles. The first kappa shape index (κ1) is 59.2. The molecule has 0 heterocycles. The molecule has 0 aliphatic rings. The number of allylic oxidation sites excluding steroid dienone is 6. The smallest absolute Gasteiger partial charge is 0.306 e. The minimum Gasteiger partial charge on any atom is -0.756 e. The maximum absolute atomic E-state index is 12.7. The Kier molecular flexibility index (Phi) is 42.2. The van der Waals surface area contributed by atoms with Gasteiger partial charge in [-0.25, -0.2) is 0 Å². The molecule has 0 radical (unpaired) electrons. The molecule has 358 valence electrons. The van der Waals surface area contributed by atoms with E-state index in [4.69, 9.17) is 18.5 Å². The van der Waals surface area contributed by atoms with Gasteiger partial charge in [0, 0.05) is 12.8 Å². The van der Waals surface area contributed by atoms with Crippen molar-refractivity contribution in [3.05, 3.63) is 36.5 Å². The highest BCUT2D eigenvalue weighted by molar-refractivity contribution is 7.45. The molecule has 0 N–H and O–H groups in total. The monoisotopic (exact) mass is 882 g/mol. The molecular formula is C51H96NO8P. The molecule has 0 bridgehead atoms. The highest BCUT2D eigenvalue weighted by atomic mass is 31.2. The average Bonchev–Trinajstić information content (AvgIpc) is 3.21. The van der Waals surface area contributed by atoms with Crippen molar-refractivity contribution in [2.75, 3.05) is 47.5 Å². The molecule has 0 fully saturated rings. The van der Waals surface area contributed by atoms with Gasteiger partial charge in [0.25, 0.3) is 7.82 Å². The molecule has 2 unspecified atom stereocenters. The van der Waals surface area contributed by atoms with Crippen LogP contribution in [0, 0.1) is 0 Å². The molecule has 0 amide bonds. The van der Waals surface area contributed by atoms with Crippen molar-refractivity contribution in [1.29, 1.82) is 0 Å². The van der Waals surface area contributed by atoms with E-state index >= 15 is 0 Å². The summed E-state index contributed by atoms with van der Waals surface area (Å²) in [5.41, 5.74) is 0. The van der Waals surface area contributed by atoms with Gasteiger partial charge in [0.05, 0.1) is 27.7 Å². The summed E-state index contributed by atoms with van der Waals surface area (Å²) < 4.78 is 34.0. The quantitative estimate of drug-likeness (QED) is 0.0195. The summed E-state index contributed by atoms with van der Waals surface area (Å²) in [7, 11) is 1.16. The van der Waals surface area contributed by atoms with E-state index in [-0.39, 0.29) is 32.0 Å². The lowest BCUT2D eigenvalue weighted by Crippen LogP contribution is -2.37. The Labute approximate surface area is 376 Å². The summed E-state index contributed by atoms with van der Waals surface area (Å²) in [6.07, 6.45) is 50.2. The van der Waals surface area contributed by atoms with Crippen LogP contribution in [0.15, 0.2) is 36.5 Å². The first-order valence-electron chi connectivity index (χ1n) is 25.2. The topological polar surface area (TPSA) is 111 Å². The lowest BCUT2D eigenvalue weighted by Gasteiger charge is -2.28. The van der Waals surface area contributed by atoms with Gasteiger partial charge in [-0.2, -0.15) is 0 Å². The van der Waals surface area contributed by atoms with Crippen molar-refractivity contribution in [3.63, 3.8) is 0 Å². The van der Waals surface area contributed by atoms with E-state index in [1.54, 1.807) is 0 Å². The van der Waals surface area contributed by atoms with E-state index < -0.39 is 26.5 Å². The second-order valence-corrected chi connectivity index (χ2v) is 19.6. The minimum atomic E-state index is -4.63. The van der Waals surface area contributed by atoms with Gasteiger partial charge in [-0.1, -0.05) is 198 Å². The zero-order valence-electron chi connectivity index (χ0n) is 40.4. The van der Waals surface area contributed by atoms with Crippen LogP contribution in [0.3, 0.4) is 0 Å². The molecule has 10 heteroatoms. The van der Waals surface area contributed by atoms with E-state index in [0.717, 1.165) is 70.6 Å². The summed E-state index contributed by atoms with van der Waals surface area (Å²) >= 11 is 0. The van der Waals surface area contributed by atoms with Crippen LogP contribution in [0.4, 0.5) is 0 Å². The second kappa shape index (κ2) is 43.5. The predicted molar refractivity (Wildman–Crippen MR) is 254 cm³/mol. The van der Waals surface area contributed by atoms with E-state index in [0.29, 0.717) is 17.4 Å². The molecule has 0 aromatic carbocycles. The molecule has 0 aliphatic carbocycles. The van der Waals surface area contributed by atoms with Gasteiger partial charge in [0.1, 0.15) is 19.8 Å². The Morgan fingerprint density at radius 1 is 0.508 bits per heavy atom. The molecule has 0 spiro atoms. The van der Waals surface area contributed by atoms with Crippen molar-refractivity contribution in [2.24, 2.45) is 0 Å². The van der Waals surface area contributed by atoms with E-state index in [2.05, 4.69) is 50.3 Å². The third-order valence-corrected chi connectivity index (χ3v) is 11.9. The molecular weight excluding hydrogens is 786 g/mol. The van der Waals surface area contributed by atoms with E-state index in [1.807, 2.05) is 21.1 Å². The zero-order chi connectivity index (χ0) is 45.0. The van der Waals surface area contributed by atoms with Crippen LogP contribution < -0.4 is 4.89 Å². The molecule has 0 rings (SSSR count). The number of ether oxygens (including phenoxy) is 2. The third kappa shape index (κ3) is 47.5. The number of hydrogen-bond donors (Lipinski definition) is 0. The van der Waals surface area contributed by atoms with Crippen molar-refractivity contribution >= 4 is 19.8 Å². The number of phosphoric ester groups is 1. The number of hydrogen-bond acceptors (Lipinski definition) is 8. The van der Waals surface area contributed by atoms with Crippen molar-refractivity contribution in [2.45, 2.75) is 232 Å². The third-order valence-electron chi connectivity index (χ3n) is 10.9. The fourth-order valence-electron chi connectivity index (χ4n) is 6.96. The van der Waals surface area contributed by atoms with Gasteiger partial charge in [-0.05, 0) is 51.4 Å². The molecule has 0 saturated heterocycles. The highest BCUT2D eigenvalue weighted by Crippen LogP contribution is 2.38. The van der Waals surface area contributed by atoms with Crippen molar-refractivity contribution in [3.8, 4) is 0 Å². The summed E-state index contributed by atoms with van der Waals surface area (Å²) in [4.78, 5) is 37.7. The maximum Gasteiger partial charge on any atom is 0.306 e. The SMILES string of the molecule is CCCCC/C=C\C/C=C\C/C=C\CCCCCCCCC(=O)OC(COC(=O)CCCCCCCCCCCCCCCCCCCC)COP(=O)([O-])OCC[N+](C)(C)C. The van der Waals surface area contributed by atoms with Crippen LogP contribution in [0.5, 0.6) is 0 Å². The molecule has 61 heavy (non-hydrogen) atoms. The lowest BCUT2D eigenvalue weighted by molar-refractivity contribution is -0.870. The number of quaternary nitrogens is 1. The van der Waals surface area contributed by atoms with Gasteiger partial charge in [0.15, 0.2) is 6.10 Å². The number of phosphoric acid groups is 1. The number of rotatable bonds is 46. The lowest BCUT2D eigenvalue weighted by atomic mass is 10.0. The number of carbonyl (C=O) groups excluding carboxylic acids is 2. The van der Waals surface area contributed by atoms with Gasteiger partial charge < -0.3 is 27.9 Å². The Morgan fingerprint density at radius 3 is 1.34 bits per heavy atom. The first-order chi connectivity index (χ1) is 29.5. The Hall–Kier alpha value is -1.77. The standard InChI is InChI=1S/C51H96NO8P/c1-6-8-10-12-14-16-18-20-22-24-26-28-30-32-34-36-38-40-42-44-51(54)60-49(48-59-61(55,56)58-46-45-52(3,4)5)47-57-50(53)43-41-39-37-35-33-31-29-27-25-23-21-19-17-15-13-11-9-7-2/h14,16,20,22,26,28,49H,6-13,15,17-19,21,23-25,27,29-48H2,1-5H3/b16-14-,22-20-,28-26-. The molecule has 9 nitrogen and oxygen atoms in total. The predicted octanol–water partition coefficient (Wildman–Crippen LogP) is 14.2. The molecule has 2 atom stereocenters. The number of carbonyl (C=O) groups is 2. The second-order valence-electron chi connectivity index (χ2n) is 18.2. The summed E-state index contributed by atoms with van der Waals surface area (Å²) in [6.45, 7) is 4.22. The van der Waals surface area contributed by atoms with Crippen molar-refractivity contribution in [1.82, 2.24) is 0 Å². The van der Waals surface area contributed by atoms with Crippen LogP contribution in [0.25, 0.3) is 0 Å². The van der Waals surface area contributed by atoms with Gasteiger partial charge >= 0.3 is 11.9 Å². The fraction of sp³-hybridized carbons (Fsp3) is 0.843. The van der Waals surface area contributed by atoms with Gasteiger partial charge in [-0.3, -0.25) is 14.2 Å². The van der Waals surface area contributed by atoms with Crippen LogP contribution >= 0.6 is 7.82 Å². The summed E-state index contributed by atoms with van der Waals surface area (Å²) in [5, 5.41) is 0. The van der Waals surface area contributed by atoms with Crippen molar-refractivity contribution < 1.29 is 42.1 Å². The van der Waals surface area contributed by atoms with E-state index in [9.17, 15) is 19.0 Å². The largest absolute Gasteiger partial charge is 0.756 e. The Bertz CT molecular complexity index is 1130. The van der Waals surface area contributed by atoms with Gasteiger partial charge in [0.2, 0.25) is 0 Å². The maximum atomic E-state index is 12.7. The Morgan fingerprint density at radius 2 is 0.885 bits per heavy atom. The number of likely N-dealkylation sites (N-methyl/N-ethyl adjacent to an activating group) is 1. The van der Waals surface area contributed by atoms with Crippen LogP contribution in [-0.4, -0.2) is 70.0 Å². The number of esters is 2.